The van der Waals surface area contributed by atoms with Gasteiger partial charge in [0, 0.05) is 23.3 Å². The van der Waals surface area contributed by atoms with E-state index in [0.717, 1.165) is 34.8 Å². The Hall–Kier alpha value is -4.06. The van der Waals surface area contributed by atoms with Crippen LogP contribution in [-0.2, 0) is 11.2 Å². The second-order valence-corrected chi connectivity index (χ2v) is 9.87. The summed E-state index contributed by atoms with van der Waals surface area (Å²) in [6.07, 6.45) is 6.16. The van der Waals surface area contributed by atoms with Crippen molar-refractivity contribution in [2.45, 2.75) is 46.7 Å². The average Bonchev–Trinajstić information content (AvgIpc) is 2.94. The van der Waals surface area contributed by atoms with Crippen molar-refractivity contribution in [1.82, 2.24) is 0 Å². The van der Waals surface area contributed by atoms with Gasteiger partial charge in [0.25, 0.3) is 0 Å². The van der Waals surface area contributed by atoms with Crippen LogP contribution < -0.4 is 10.5 Å². The summed E-state index contributed by atoms with van der Waals surface area (Å²) < 4.78 is 44.7. The van der Waals surface area contributed by atoms with Gasteiger partial charge in [0.15, 0.2) is 5.78 Å². The molecular weight excluding hydrogens is 511 g/mol. The number of alkyl halides is 3. The van der Waals surface area contributed by atoms with E-state index in [1.165, 1.54) is 12.3 Å². The second kappa shape index (κ2) is 13.3. The number of fused-ring (bicyclic) bond motifs is 1. The molecule has 3 nitrogen and oxygen atoms in total. The number of nitrogens with two attached hydrogens (primary N) is 1. The van der Waals surface area contributed by atoms with Gasteiger partial charge < -0.3 is 10.5 Å². The minimum absolute atomic E-state index is 0.141. The maximum atomic E-state index is 13.8. The molecule has 2 N–H and O–H groups in total. The van der Waals surface area contributed by atoms with Gasteiger partial charge in [-0.2, -0.15) is 13.2 Å². The largest absolute Gasteiger partial charge is 0.456 e. The lowest BCUT2D eigenvalue weighted by Gasteiger charge is -2.25. The molecule has 0 amide bonds. The molecule has 0 spiro atoms. The van der Waals surface area contributed by atoms with Crippen molar-refractivity contribution < 1.29 is 22.7 Å². The van der Waals surface area contributed by atoms with Crippen molar-refractivity contribution in [3.63, 3.8) is 0 Å². The van der Waals surface area contributed by atoms with Gasteiger partial charge in [-0.05, 0) is 77.8 Å². The van der Waals surface area contributed by atoms with Crippen LogP contribution in [0.3, 0.4) is 0 Å². The topological polar surface area (TPSA) is 52.3 Å². The normalized spacial score (nSPS) is 17.3. The number of benzene rings is 2. The highest BCUT2D eigenvalue weighted by Gasteiger charge is 2.31. The quantitative estimate of drug-likeness (QED) is 0.239. The molecule has 0 radical (unpaired) electrons. The number of carbonyl (C=O) groups excluding carboxylic acids is 1. The molecule has 0 fully saturated rings. The number of ether oxygens (including phenoxy) is 1. The fourth-order valence-corrected chi connectivity index (χ4v) is 4.66. The van der Waals surface area contributed by atoms with Crippen LogP contribution in [0.4, 0.5) is 13.2 Å². The number of halogens is 3. The second-order valence-electron chi connectivity index (χ2n) is 9.87. The highest BCUT2D eigenvalue weighted by Crippen LogP contribution is 2.36. The van der Waals surface area contributed by atoms with Gasteiger partial charge in [0.1, 0.15) is 11.5 Å². The Bertz CT molecular complexity index is 1390. The maximum absolute atomic E-state index is 13.8. The van der Waals surface area contributed by atoms with E-state index in [4.69, 9.17) is 10.5 Å². The van der Waals surface area contributed by atoms with Gasteiger partial charge in [-0.3, -0.25) is 4.79 Å². The number of hydrogen-bond donors (Lipinski definition) is 1. The fraction of sp³-hybridized carbons (Fsp3) is 0.265. The lowest BCUT2D eigenvalue weighted by atomic mass is 9.79. The van der Waals surface area contributed by atoms with Crippen molar-refractivity contribution in [2.75, 3.05) is 0 Å². The number of carbonyl (C=O) groups is 1. The first-order valence-corrected chi connectivity index (χ1v) is 13.3. The first-order valence-electron chi connectivity index (χ1n) is 13.3. The number of para-hydroxylation sites is 1. The smallest absolute Gasteiger partial charge is 0.415 e. The Balaban J connectivity index is 1.94. The fourth-order valence-electron chi connectivity index (χ4n) is 4.66. The molecule has 2 aromatic carbocycles. The molecule has 0 aromatic heterocycles. The van der Waals surface area contributed by atoms with Crippen LogP contribution in [0.2, 0.25) is 0 Å². The molecule has 0 heterocycles. The van der Waals surface area contributed by atoms with E-state index in [2.05, 4.69) is 13.5 Å². The van der Waals surface area contributed by atoms with Crippen molar-refractivity contribution in [1.29, 1.82) is 0 Å². The summed E-state index contributed by atoms with van der Waals surface area (Å²) in [6, 6.07) is 15.5. The molecule has 0 saturated heterocycles. The van der Waals surface area contributed by atoms with Gasteiger partial charge in [0.2, 0.25) is 0 Å². The van der Waals surface area contributed by atoms with Crippen LogP contribution in [0, 0.1) is 11.8 Å². The van der Waals surface area contributed by atoms with Crippen molar-refractivity contribution in [3.8, 4) is 5.75 Å². The third kappa shape index (κ3) is 7.53. The zero-order valence-electron chi connectivity index (χ0n) is 23.4. The monoisotopic (exact) mass is 547 g/mol. The third-order valence-electron chi connectivity index (χ3n) is 6.94. The molecule has 0 aliphatic heterocycles. The Morgan fingerprint density at radius 2 is 1.88 bits per heavy atom. The lowest BCUT2D eigenvalue weighted by Crippen LogP contribution is -2.19. The zero-order chi connectivity index (χ0) is 29.4. The average molecular weight is 548 g/mol. The Morgan fingerprint density at radius 3 is 2.48 bits per heavy atom. The van der Waals surface area contributed by atoms with E-state index in [1.807, 2.05) is 67.6 Å². The maximum Gasteiger partial charge on any atom is 0.415 e. The number of ketones is 1. The summed E-state index contributed by atoms with van der Waals surface area (Å²) in [5.41, 5.74) is 9.80. The van der Waals surface area contributed by atoms with Crippen LogP contribution in [0.25, 0.3) is 11.1 Å². The summed E-state index contributed by atoms with van der Waals surface area (Å²) in [6.45, 7) is 10.6. The minimum Gasteiger partial charge on any atom is -0.456 e. The molecule has 210 valence electrons. The predicted octanol–water partition coefficient (Wildman–Crippen LogP) is 8.76. The molecule has 1 aliphatic rings. The first-order chi connectivity index (χ1) is 19.0. The third-order valence-corrected chi connectivity index (χ3v) is 6.94. The highest BCUT2D eigenvalue weighted by atomic mass is 19.4. The van der Waals surface area contributed by atoms with Crippen LogP contribution in [0.15, 0.2) is 109 Å². The summed E-state index contributed by atoms with van der Waals surface area (Å²) in [4.78, 5) is 13.8. The van der Waals surface area contributed by atoms with E-state index in [-0.39, 0.29) is 11.7 Å². The molecule has 2 atom stereocenters. The molecule has 1 aliphatic carbocycles. The van der Waals surface area contributed by atoms with Crippen LogP contribution in [0.5, 0.6) is 5.75 Å². The van der Waals surface area contributed by atoms with Crippen LogP contribution >= 0.6 is 0 Å². The summed E-state index contributed by atoms with van der Waals surface area (Å²) in [7, 11) is 0. The lowest BCUT2D eigenvalue weighted by molar-refractivity contribution is -0.115. The van der Waals surface area contributed by atoms with E-state index in [1.54, 1.807) is 19.9 Å². The van der Waals surface area contributed by atoms with Crippen molar-refractivity contribution >= 4 is 16.9 Å². The highest BCUT2D eigenvalue weighted by molar-refractivity contribution is 6.23. The van der Waals surface area contributed by atoms with Crippen LogP contribution in [-0.4, -0.2) is 12.0 Å². The molecule has 6 heteroatoms. The van der Waals surface area contributed by atoms with E-state index in [0.29, 0.717) is 29.1 Å². The van der Waals surface area contributed by atoms with Gasteiger partial charge in [-0.25, -0.2) is 0 Å². The van der Waals surface area contributed by atoms with Crippen molar-refractivity contribution in [3.05, 3.63) is 125 Å². The molecule has 40 heavy (non-hydrogen) atoms. The van der Waals surface area contributed by atoms with Crippen molar-refractivity contribution in [2.24, 2.45) is 17.6 Å². The Labute approximate surface area is 234 Å². The number of hydrogen-bond acceptors (Lipinski definition) is 3. The van der Waals surface area contributed by atoms with Gasteiger partial charge in [-0.1, -0.05) is 82.0 Å². The zero-order valence-corrected chi connectivity index (χ0v) is 23.4. The molecule has 1 unspecified atom stereocenters. The van der Waals surface area contributed by atoms with Gasteiger partial charge in [-0.15, -0.1) is 0 Å². The number of Topliss-reactive ketones (excluding diaryl/α,β-unsaturated/α-hetero) is 1. The minimum atomic E-state index is -4.52. The standard InChI is InChI=1S/C34H36F3NO2/c1-6-25(14-13-23(4)34(35,36)37)24(5)33(39)32-18-22(3)17-28-16-15-27(20-31(28)32)26(7-2)19-30(21-38)40-29-11-9-8-10-12-29/h6,8-16,18-22,24H,4,7,17,38H2,1-3,5H3/b14-13-,25-6+,26-19+,30-21+/t22?,24-/m1/s1. The number of allylic oxidation sites excluding steroid dienone is 9. The SMILES string of the molecule is C=C(/C=C\C(=C/C)[C@@H](C)C(=O)C1=CC(C)Cc2ccc(/C(=C/C(=C\N)Oc3ccccc3)CC)cc21)C(F)(F)F. The molecule has 3 rings (SSSR count). The Morgan fingerprint density at radius 1 is 1.18 bits per heavy atom. The van der Waals surface area contributed by atoms with E-state index < -0.39 is 17.7 Å². The van der Waals surface area contributed by atoms with E-state index in [9.17, 15) is 18.0 Å². The number of rotatable bonds is 10. The summed E-state index contributed by atoms with van der Waals surface area (Å²) >= 11 is 0. The molecule has 0 bridgehead atoms. The summed E-state index contributed by atoms with van der Waals surface area (Å²) in [5.74, 6) is 0.536. The summed E-state index contributed by atoms with van der Waals surface area (Å²) in [5, 5.41) is 0. The molecular formula is C34H36F3NO2. The first kappa shape index (κ1) is 30.5. The molecule has 2 aromatic rings. The van der Waals surface area contributed by atoms with E-state index >= 15 is 0 Å². The van der Waals surface area contributed by atoms with Gasteiger partial charge >= 0.3 is 6.18 Å². The van der Waals surface area contributed by atoms with Crippen LogP contribution in [0.1, 0.15) is 50.8 Å². The molecule has 0 saturated carbocycles. The predicted molar refractivity (Wildman–Crippen MR) is 157 cm³/mol. The van der Waals surface area contributed by atoms with Gasteiger partial charge in [0.05, 0.1) is 0 Å². The Kier molecular flexibility index (Phi) is 10.2.